The molecule has 3 rings (SSSR count). The molecule has 0 aromatic heterocycles. The van der Waals surface area contributed by atoms with E-state index in [2.05, 4.69) is 0 Å². The summed E-state index contributed by atoms with van der Waals surface area (Å²) in [5, 5.41) is -0.422. The van der Waals surface area contributed by atoms with Crippen LogP contribution in [-0.2, 0) is 46.8 Å². The second kappa shape index (κ2) is 14.4. The number of hydrogen-bond donors (Lipinski definition) is 3. The molecule has 0 amide bonds. The zero-order valence-electron chi connectivity index (χ0n) is 20.5. The predicted molar refractivity (Wildman–Crippen MR) is 146 cm³/mol. The summed E-state index contributed by atoms with van der Waals surface area (Å²) in [6.45, 7) is 4.79. The van der Waals surface area contributed by atoms with E-state index in [0.29, 0.717) is 16.7 Å². The molecule has 40 heavy (non-hydrogen) atoms. The first-order valence-electron chi connectivity index (χ1n) is 10.0. The molecule has 0 unspecified atom stereocenters. The van der Waals surface area contributed by atoms with E-state index in [4.69, 9.17) is 52.0 Å². The van der Waals surface area contributed by atoms with E-state index in [9.17, 15) is 38.9 Å². The Kier molecular flexibility index (Phi) is 13.7. The molecule has 0 aliphatic rings. The third-order valence-corrected chi connectivity index (χ3v) is 8.95. The van der Waals surface area contributed by atoms with Crippen LogP contribution in [0.2, 0.25) is 15.1 Å². The summed E-state index contributed by atoms with van der Waals surface area (Å²) in [5.74, 6) is 0. The molecule has 0 heterocycles. The molecule has 6 N–H and O–H groups in total. The molecular weight excluding hydrogens is 699 g/mol. The van der Waals surface area contributed by atoms with Crippen LogP contribution >= 0.6 is 34.8 Å². The summed E-state index contributed by atoms with van der Waals surface area (Å²) in [6, 6.07) is 8.64. The first-order valence-corrected chi connectivity index (χ1v) is 15.4. The van der Waals surface area contributed by atoms with Crippen LogP contribution < -0.4 is 17.2 Å². The molecule has 0 fully saturated rings. The summed E-state index contributed by atoms with van der Waals surface area (Å²) in [5.41, 5.74) is 17.5. The van der Waals surface area contributed by atoms with Crippen molar-refractivity contribution in [1.29, 1.82) is 0 Å². The molecule has 0 spiro atoms. The third kappa shape index (κ3) is 9.91. The number of aryl methyl sites for hydroxylation is 3. The Labute approximate surface area is 257 Å². The van der Waals surface area contributed by atoms with Crippen molar-refractivity contribution < 1.29 is 55.4 Å². The molecule has 0 aliphatic carbocycles. The summed E-state index contributed by atoms with van der Waals surface area (Å²) in [4.78, 5) is -1.60. The van der Waals surface area contributed by atoms with E-state index in [1.54, 1.807) is 39.0 Å². The topological polar surface area (TPSA) is 250 Å². The number of halogens is 3. The maximum Gasteiger partial charge on any atom is 3.00 e. The van der Waals surface area contributed by atoms with Gasteiger partial charge in [0.1, 0.15) is 30.4 Å². The van der Waals surface area contributed by atoms with Gasteiger partial charge in [0.05, 0.1) is 46.8 Å². The Morgan fingerprint density at radius 3 is 0.800 bits per heavy atom. The monoisotopic (exact) mass is 718 g/mol. The van der Waals surface area contributed by atoms with Gasteiger partial charge in [-0.15, -0.1) is 0 Å². The fourth-order valence-electron chi connectivity index (χ4n) is 2.78. The van der Waals surface area contributed by atoms with Gasteiger partial charge in [-0.1, -0.05) is 53.0 Å². The second-order valence-electron chi connectivity index (χ2n) is 7.68. The molecule has 0 saturated carbocycles. The standard InChI is InChI=1S/3C7H8ClNO3S.Ni/c3*1-4-2-3-5(8)7(6(4)9)13(10,11)12;/h3*2-3H,9H2,1H3,(H,10,11,12);/q;;;+3/p-3. The Balaban J connectivity index is 0.000000563. The summed E-state index contributed by atoms with van der Waals surface area (Å²) >= 11 is 16.6. The maximum atomic E-state index is 10.7. The van der Waals surface area contributed by atoms with Crippen molar-refractivity contribution in [2.45, 2.75) is 35.5 Å². The second-order valence-corrected chi connectivity index (χ2v) is 12.9. The van der Waals surface area contributed by atoms with Gasteiger partial charge in [-0.3, -0.25) is 0 Å². The fraction of sp³-hybridized carbons (Fsp3) is 0.143. The van der Waals surface area contributed by atoms with Crippen molar-refractivity contribution in [3.63, 3.8) is 0 Å². The largest absolute Gasteiger partial charge is 3.00 e. The van der Waals surface area contributed by atoms with Crippen LogP contribution in [0, 0.1) is 20.8 Å². The van der Waals surface area contributed by atoms with Crippen LogP contribution in [0.3, 0.4) is 0 Å². The van der Waals surface area contributed by atoms with Crippen LogP contribution in [0.4, 0.5) is 17.1 Å². The molecule has 0 saturated heterocycles. The molecule has 19 heteroatoms. The molecule has 0 atom stereocenters. The smallest absolute Gasteiger partial charge is 0.744 e. The van der Waals surface area contributed by atoms with Crippen LogP contribution in [0.15, 0.2) is 51.1 Å². The van der Waals surface area contributed by atoms with Gasteiger partial charge < -0.3 is 30.9 Å². The molecular formula is C21H21Cl3N3NiO9S3. The molecule has 1 radical (unpaired) electrons. The van der Waals surface area contributed by atoms with E-state index in [1.165, 1.54) is 18.2 Å². The van der Waals surface area contributed by atoms with Crippen molar-refractivity contribution in [3.05, 3.63) is 68.2 Å². The molecule has 223 valence electrons. The van der Waals surface area contributed by atoms with Gasteiger partial charge in [-0.05, 0) is 55.7 Å². The van der Waals surface area contributed by atoms with Crippen molar-refractivity contribution in [1.82, 2.24) is 0 Å². The third-order valence-electron chi connectivity index (χ3n) is 4.85. The number of nitrogen functional groups attached to an aromatic ring is 3. The SMILES string of the molecule is Cc1ccc(Cl)c(S(=O)(=O)[O-])c1N.Cc1ccc(Cl)c(S(=O)(=O)[O-])c1N.Cc1ccc(Cl)c(S(=O)(=O)[O-])c1N.[Ni+3]. The van der Waals surface area contributed by atoms with Crippen molar-refractivity contribution in [2.24, 2.45) is 0 Å². The van der Waals surface area contributed by atoms with E-state index in [1.807, 2.05) is 0 Å². The average Bonchev–Trinajstić information content (AvgIpc) is 2.75. The minimum atomic E-state index is -4.59. The van der Waals surface area contributed by atoms with Crippen molar-refractivity contribution in [3.8, 4) is 0 Å². The first-order chi connectivity index (χ1) is 17.5. The Morgan fingerprint density at radius 2 is 0.675 bits per heavy atom. The van der Waals surface area contributed by atoms with Gasteiger partial charge in [-0.2, -0.15) is 0 Å². The molecule has 0 aliphatic heterocycles. The zero-order valence-corrected chi connectivity index (χ0v) is 26.3. The summed E-state index contributed by atoms with van der Waals surface area (Å²) in [7, 11) is -13.8. The minimum Gasteiger partial charge on any atom is -0.744 e. The molecule has 3 aromatic carbocycles. The van der Waals surface area contributed by atoms with Crippen LogP contribution in [0.1, 0.15) is 16.7 Å². The normalized spacial score (nSPS) is 11.3. The van der Waals surface area contributed by atoms with E-state index >= 15 is 0 Å². The Hall–Kier alpha value is -1.85. The van der Waals surface area contributed by atoms with Crippen LogP contribution in [-0.4, -0.2) is 38.9 Å². The van der Waals surface area contributed by atoms with Gasteiger partial charge in [0.25, 0.3) is 0 Å². The Bertz CT molecular complexity index is 1530. The first kappa shape index (κ1) is 38.2. The summed E-state index contributed by atoms with van der Waals surface area (Å²) < 4.78 is 96.4. The van der Waals surface area contributed by atoms with Gasteiger partial charge >= 0.3 is 16.5 Å². The maximum absolute atomic E-state index is 10.7. The number of anilines is 3. The van der Waals surface area contributed by atoms with Crippen molar-refractivity contribution >= 4 is 82.2 Å². The van der Waals surface area contributed by atoms with Gasteiger partial charge in [-0.25, -0.2) is 25.3 Å². The average molecular weight is 721 g/mol. The van der Waals surface area contributed by atoms with Crippen LogP contribution in [0.25, 0.3) is 0 Å². The molecule has 0 bridgehead atoms. The van der Waals surface area contributed by atoms with Crippen molar-refractivity contribution in [2.75, 3.05) is 17.2 Å². The van der Waals surface area contributed by atoms with Crippen LogP contribution in [0.5, 0.6) is 0 Å². The number of rotatable bonds is 3. The summed E-state index contributed by atoms with van der Waals surface area (Å²) in [6.07, 6.45) is 0. The van der Waals surface area contributed by atoms with E-state index in [-0.39, 0.29) is 48.6 Å². The van der Waals surface area contributed by atoms with Gasteiger partial charge in [0.2, 0.25) is 0 Å². The fourth-order valence-corrected chi connectivity index (χ4v) is 6.33. The minimum absolute atomic E-state index is 0. The van der Waals surface area contributed by atoms with E-state index in [0.717, 1.165) is 0 Å². The van der Waals surface area contributed by atoms with Gasteiger partial charge in [0.15, 0.2) is 0 Å². The molecule has 12 nitrogen and oxygen atoms in total. The number of nitrogens with two attached hydrogens (primary N) is 3. The number of hydrogen-bond acceptors (Lipinski definition) is 12. The Morgan fingerprint density at radius 1 is 0.500 bits per heavy atom. The quantitative estimate of drug-likeness (QED) is 0.200. The predicted octanol–water partition coefficient (Wildman–Crippen LogP) is 3.40. The number of benzene rings is 3. The zero-order chi connectivity index (χ0) is 30.7. The molecule has 3 aromatic rings. The van der Waals surface area contributed by atoms with Gasteiger partial charge in [0, 0.05) is 0 Å². The van der Waals surface area contributed by atoms with E-state index < -0.39 is 45.0 Å².